The van der Waals surface area contributed by atoms with Gasteiger partial charge < -0.3 is 14.6 Å². The fourth-order valence-corrected chi connectivity index (χ4v) is 2.10. The van der Waals surface area contributed by atoms with Crippen molar-refractivity contribution in [2.75, 3.05) is 7.11 Å². The molecule has 2 rings (SSSR count). The van der Waals surface area contributed by atoms with Crippen LogP contribution in [-0.2, 0) is 16.0 Å². The van der Waals surface area contributed by atoms with Gasteiger partial charge in [-0.2, -0.15) is 0 Å². The van der Waals surface area contributed by atoms with Crippen LogP contribution in [0.2, 0.25) is 0 Å². The van der Waals surface area contributed by atoms with Crippen molar-refractivity contribution < 1.29 is 19.4 Å². The number of aliphatic hydroxyl groups excluding tert-OH is 1. The van der Waals surface area contributed by atoms with Crippen LogP contribution in [0.5, 0.6) is 5.75 Å². The lowest BCUT2D eigenvalue weighted by Crippen LogP contribution is -2.32. The number of aliphatic hydroxyl groups is 1. The highest BCUT2D eigenvalue weighted by atomic mass is 16.5. The zero-order valence-electron chi connectivity index (χ0n) is 10.9. The molecule has 0 spiro atoms. The number of benzene rings is 1. The van der Waals surface area contributed by atoms with Crippen molar-refractivity contribution in [1.29, 1.82) is 0 Å². The van der Waals surface area contributed by atoms with Crippen LogP contribution in [0.15, 0.2) is 18.2 Å². The van der Waals surface area contributed by atoms with E-state index in [1.165, 1.54) is 7.11 Å². The Morgan fingerprint density at radius 2 is 2.22 bits per heavy atom. The van der Waals surface area contributed by atoms with Crippen molar-refractivity contribution in [3.05, 3.63) is 29.3 Å². The number of fused-ring (bicyclic) bond motifs is 1. The molecule has 0 fully saturated rings. The Morgan fingerprint density at radius 1 is 1.50 bits per heavy atom. The molecule has 1 unspecified atom stereocenters. The van der Waals surface area contributed by atoms with Gasteiger partial charge in [0.2, 0.25) is 0 Å². The summed E-state index contributed by atoms with van der Waals surface area (Å²) in [5, 5.41) is 9.78. The van der Waals surface area contributed by atoms with Crippen LogP contribution in [0.25, 0.3) is 0 Å². The van der Waals surface area contributed by atoms with Gasteiger partial charge in [-0.05, 0) is 49.9 Å². The standard InChI is InChI=1S/C14H18O4/c1-14(2)7-6-9-8-10(4-5-11(9)18-14)12(15)13(16)17-3/h4-5,8,12,15H,6-7H2,1-3H3. The van der Waals surface area contributed by atoms with Gasteiger partial charge in [0.05, 0.1) is 7.11 Å². The highest BCUT2D eigenvalue weighted by Crippen LogP contribution is 2.34. The molecule has 1 atom stereocenters. The SMILES string of the molecule is COC(=O)C(O)c1ccc2c(c1)CCC(C)(C)O2. The van der Waals surface area contributed by atoms with E-state index in [1.807, 2.05) is 19.9 Å². The smallest absolute Gasteiger partial charge is 0.339 e. The first kappa shape index (κ1) is 12.9. The molecule has 1 aliphatic heterocycles. The normalized spacial score (nSPS) is 18.4. The molecule has 4 heteroatoms. The summed E-state index contributed by atoms with van der Waals surface area (Å²) in [7, 11) is 1.26. The van der Waals surface area contributed by atoms with Gasteiger partial charge in [-0.3, -0.25) is 0 Å². The highest BCUT2D eigenvalue weighted by Gasteiger charge is 2.27. The summed E-state index contributed by atoms with van der Waals surface area (Å²) in [6.07, 6.45) is 0.567. The Labute approximate surface area is 107 Å². The summed E-state index contributed by atoms with van der Waals surface area (Å²) < 4.78 is 10.4. The Kier molecular flexibility index (Phi) is 3.30. The van der Waals surface area contributed by atoms with E-state index in [0.717, 1.165) is 24.2 Å². The van der Waals surface area contributed by atoms with E-state index in [1.54, 1.807) is 12.1 Å². The van der Waals surface area contributed by atoms with E-state index in [-0.39, 0.29) is 5.60 Å². The van der Waals surface area contributed by atoms with E-state index < -0.39 is 12.1 Å². The molecule has 0 amide bonds. The maximum atomic E-state index is 11.3. The minimum Gasteiger partial charge on any atom is -0.488 e. The van der Waals surface area contributed by atoms with Crippen LogP contribution in [0, 0.1) is 0 Å². The van der Waals surface area contributed by atoms with Gasteiger partial charge >= 0.3 is 5.97 Å². The molecule has 4 nitrogen and oxygen atoms in total. The number of rotatable bonds is 2. The van der Waals surface area contributed by atoms with Crippen LogP contribution >= 0.6 is 0 Å². The lowest BCUT2D eigenvalue weighted by atomic mass is 9.92. The number of hydrogen-bond donors (Lipinski definition) is 1. The number of aryl methyl sites for hydroxylation is 1. The fourth-order valence-electron chi connectivity index (χ4n) is 2.10. The van der Waals surface area contributed by atoms with E-state index in [9.17, 15) is 9.90 Å². The van der Waals surface area contributed by atoms with Crippen LogP contribution in [-0.4, -0.2) is 23.8 Å². The minimum atomic E-state index is -1.23. The minimum absolute atomic E-state index is 0.157. The summed E-state index contributed by atoms with van der Waals surface area (Å²) in [6, 6.07) is 5.31. The maximum Gasteiger partial charge on any atom is 0.339 e. The summed E-state index contributed by atoms with van der Waals surface area (Å²) in [4.78, 5) is 11.3. The fraction of sp³-hybridized carbons (Fsp3) is 0.500. The Morgan fingerprint density at radius 3 is 2.89 bits per heavy atom. The third-order valence-corrected chi connectivity index (χ3v) is 3.21. The van der Waals surface area contributed by atoms with Gasteiger partial charge in [-0.15, -0.1) is 0 Å². The first-order chi connectivity index (χ1) is 8.43. The topological polar surface area (TPSA) is 55.8 Å². The number of methoxy groups -OCH3 is 1. The van der Waals surface area contributed by atoms with Crippen molar-refractivity contribution in [2.24, 2.45) is 0 Å². The maximum absolute atomic E-state index is 11.3. The van der Waals surface area contributed by atoms with Crippen LogP contribution < -0.4 is 4.74 Å². The van der Waals surface area contributed by atoms with Crippen LogP contribution in [0.3, 0.4) is 0 Å². The molecule has 0 saturated carbocycles. The van der Waals surface area contributed by atoms with Gasteiger partial charge in [0, 0.05) is 0 Å². The molecule has 98 valence electrons. The van der Waals surface area contributed by atoms with Crippen molar-refractivity contribution in [2.45, 2.75) is 38.4 Å². The number of esters is 1. The molecule has 1 aromatic carbocycles. The predicted octanol–water partition coefficient (Wildman–Crippen LogP) is 2.00. The van der Waals surface area contributed by atoms with Gasteiger partial charge in [0.25, 0.3) is 0 Å². The summed E-state index contributed by atoms with van der Waals surface area (Å²) in [6.45, 7) is 4.10. The zero-order chi connectivity index (χ0) is 13.3. The summed E-state index contributed by atoms with van der Waals surface area (Å²) >= 11 is 0. The molecular weight excluding hydrogens is 232 g/mol. The number of carbonyl (C=O) groups excluding carboxylic acids is 1. The molecule has 1 N–H and O–H groups in total. The lowest BCUT2D eigenvalue weighted by Gasteiger charge is -2.32. The molecular formula is C14H18O4. The first-order valence-electron chi connectivity index (χ1n) is 6.01. The second-order valence-corrected chi connectivity index (χ2v) is 5.15. The molecule has 1 aromatic rings. The van der Waals surface area contributed by atoms with Gasteiger partial charge in [-0.25, -0.2) is 4.79 Å². The van der Waals surface area contributed by atoms with Gasteiger partial charge in [0.1, 0.15) is 11.4 Å². The Hall–Kier alpha value is -1.55. The highest BCUT2D eigenvalue weighted by molar-refractivity contribution is 5.76. The molecule has 0 aliphatic carbocycles. The molecule has 1 heterocycles. The molecule has 0 bridgehead atoms. The summed E-state index contributed by atoms with van der Waals surface area (Å²) in [5.41, 5.74) is 1.41. The molecule has 0 saturated heterocycles. The largest absolute Gasteiger partial charge is 0.488 e. The van der Waals surface area contributed by atoms with Gasteiger partial charge in [-0.1, -0.05) is 6.07 Å². The third-order valence-electron chi connectivity index (χ3n) is 3.21. The van der Waals surface area contributed by atoms with E-state index >= 15 is 0 Å². The van der Waals surface area contributed by atoms with Crippen LogP contribution in [0.4, 0.5) is 0 Å². The average molecular weight is 250 g/mol. The second-order valence-electron chi connectivity index (χ2n) is 5.15. The Bertz CT molecular complexity index is 465. The number of ether oxygens (including phenoxy) is 2. The number of hydrogen-bond acceptors (Lipinski definition) is 4. The monoisotopic (exact) mass is 250 g/mol. The van der Waals surface area contributed by atoms with E-state index in [4.69, 9.17) is 4.74 Å². The molecule has 0 aromatic heterocycles. The van der Waals surface area contributed by atoms with Crippen molar-refractivity contribution in [3.63, 3.8) is 0 Å². The van der Waals surface area contributed by atoms with E-state index in [2.05, 4.69) is 4.74 Å². The van der Waals surface area contributed by atoms with Crippen molar-refractivity contribution in [3.8, 4) is 5.75 Å². The van der Waals surface area contributed by atoms with E-state index in [0.29, 0.717) is 5.56 Å². The quantitative estimate of drug-likeness (QED) is 0.816. The average Bonchev–Trinajstić information content (AvgIpc) is 2.35. The Balaban J connectivity index is 2.26. The second kappa shape index (κ2) is 4.61. The lowest BCUT2D eigenvalue weighted by molar-refractivity contribution is -0.150. The number of carbonyl (C=O) groups is 1. The molecule has 1 aliphatic rings. The molecule has 18 heavy (non-hydrogen) atoms. The van der Waals surface area contributed by atoms with Crippen LogP contribution in [0.1, 0.15) is 37.5 Å². The van der Waals surface area contributed by atoms with Crippen molar-refractivity contribution >= 4 is 5.97 Å². The zero-order valence-corrected chi connectivity index (χ0v) is 10.9. The third kappa shape index (κ3) is 2.48. The van der Waals surface area contributed by atoms with Gasteiger partial charge in [0.15, 0.2) is 6.10 Å². The predicted molar refractivity (Wildman–Crippen MR) is 66.4 cm³/mol. The van der Waals surface area contributed by atoms with Crippen molar-refractivity contribution in [1.82, 2.24) is 0 Å². The summed E-state index contributed by atoms with van der Waals surface area (Å²) in [5.74, 6) is 0.180. The molecule has 0 radical (unpaired) electrons. The first-order valence-corrected chi connectivity index (χ1v) is 6.01.